The predicted molar refractivity (Wildman–Crippen MR) is 131 cm³/mol. The zero-order chi connectivity index (χ0) is 24.6. The topological polar surface area (TPSA) is 90.5 Å². The molecule has 3 rings (SSSR count). The lowest BCUT2D eigenvalue weighted by molar-refractivity contribution is -0.118. The highest BCUT2D eigenvalue weighted by Gasteiger charge is 2.34. The van der Waals surface area contributed by atoms with Crippen molar-refractivity contribution in [1.82, 2.24) is 16.0 Å². The number of urea groups is 1. The minimum atomic E-state index is -0.641. The van der Waals surface area contributed by atoms with Gasteiger partial charge >= 0.3 is 6.03 Å². The Morgan fingerprint density at radius 1 is 1.00 bits per heavy atom. The van der Waals surface area contributed by atoms with E-state index in [1.54, 1.807) is 6.92 Å². The first-order chi connectivity index (χ1) is 15.3. The van der Waals surface area contributed by atoms with Crippen LogP contribution >= 0.6 is 0 Å². The number of rotatable bonds is 4. The maximum atomic E-state index is 13.3. The fraction of sp³-hybridized carbons (Fsp3) is 0.407. The molecule has 6 heteroatoms. The Balaban J connectivity index is 2.07. The number of phenolic OH excluding ortho intramolecular Hbond substituents is 1. The van der Waals surface area contributed by atoms with Crippen LogP contribution in [0.2, 0.25) is 0 Å². The molecule has 1 aliphatic heterocycles. The SMILES string of the molecule is CC1=C(C(=O)NCc2ccccc2)C(c2cc(C(C)(C)C)c(O)c(C(C)(C)C)c2)NC(=O)N1. The van der Waals surface area contributed by atoms with Gasteiger partial charge in [0.05, 0.1) is 11.6 Å². The standard InChI is InChI=1S/C27H35N3O3/c1-16-21(24(32)28-15-17-11-9-8-10-12-17)22(30-25(33)29-16)18-13-19(26(2,3)4)23(31)20(14-18)27(5,6)7/h8-14,22,31H,15H2,1-7H3,(H,28,32)(H2,29,30,33). The lowest BCUT2D eigenvalue weighted by Crippen LogP contribution is -2.47. The Kier molecular flexibility index (Phi) is 6.59. The van der Waals surface area contributed by atoms with E-state index in [1.807, 2.05) is 84.0 Å². The van der Waals surface area contributed by atoms with Gasteiger partial charge in [0.1, 0.15) is 5.75 Å². The molecule has 2 aromatic rings. The van der Waals surface area contributed by atoms with E-state index in [4.69, 9.17) is 0 Å². The molecule has 1 heterocycles. The molecule has 0 saturated carbocycles. The van der Waals surface area contributed by atoms with Gasteiger partial charge < -0.3 is 21.1 Å². The van der Waals surface area contributed by atoms with Crippen LogP contribution in [0.5, 0.6) is 5.75 Å². The monoisotopic (exact) mass is 449 g/mol. The van der Waals surface area contributed by atoms with Crippen molar-refractivity contribution in [2.45, 2.75) is 71.9 Å². The average molecular weight is 450 g/mol. The van der Waals surface area contributed by atoms with Gasteiger partial charge in [-0.15, -0.1) is 0 Å². The number of carbonyl (C=O) groups excluding carboxylic acids is 2. The molecular formula is C27H35N3O3. The molecule has 176 valence electrons. The Hall–Kier alpha value is -3.28. The lowest BCUT2D eigenvalue weighted by atomic mass is 9.77. The van der Waals surface area contributed by atoms with Gasteiger partial charge in [-0.3, -0.25) is 4.79 Å². The Morgan fingerprint density at radius 3 is 2.06 bits per heavy atom. The highest BCUT2D eigenvalue weighted by molar-refractivity contribution is 5.98. The van der Waals surface area contributed by atoms with E-state index in [0.29, 0.717) is 17.8 Å². The average Bonchev–Trinajstić information content (AvgIpc) is 2.70. The Morgan fingerprint density at radius 2 is 1.55 bits per heavy atom. The maximum absolute atomic E-state index is 13.3. The van der Waals surface area contributed by atoms with Gasteiger partial charge in [-0.25, -0.2) is 4.79 Å². The highest BCUT2D eigenvalue weighted by atomic mass is 16.3. The summed E-state index contributed by atoms with van der Waals surface area (Å²) < 4.78 is 0. The van der Waals surface area contributed by atoms with E-state index in [-0.39, 0.29) is 28.5 Å². The summed E-state index contributed by atoms with van der Waals surface area (Å²) in [4.78, 5) is 25.7. The summed E-state index contributed by atoms with van der Waals surface area (Å²) in [6, 6.07) is 12.5. The van der Waals surface area contributed by atoms with Gasteiger partial charge in [0.2, 0.25) is 0 Å². The minimum Gasteiger partial charge on any atom is -0.507 e. The molecule has 0 bridgehead atoms. The largest absolute Gasteiger partial charge is 0.507 e. The third-order valence-electron chi connectivity index (χ3n) is 5.89. The van der Waals surface area contributed by atoms with Gasteiger partial charge in [0, 0.05) is 12.2 Å². The normalized spacial score (nSPS) is 16.8. The van der Waals surface area contributed by atoms with E-state index < -0.39 is 6.04 Å². The molecular weight excluding hydrogens is 414 g/mol. The number of hydrogen-bond acceptors (Lipinski definition) is 3. The van der Waals surface area contributed by atoms with E-state index in [1.165, 1.54) is 0 Å². The third-order valence-corrected chi connectivity index (χ3v) is 5.89. The molecule has 1 unspecified atom stereocenters. The van der Waals surface area contributed by atoms with Gasteiger partial charge in [0.15, 0.2) is 0 Å². The number of phenols is 1. The van der Waals surface area contributed by atoms with Crippen molar-refractivity contribution < 1.29 is 14.7 Å². The number of amides is 3. The molecule has 6 nitrogen and oxygen atoms in total. The summed E-state index contributed by atoms with van der Waals surface area (Å²) in [5, 5.41) is 19.7. The fourth-order valence-electron chi connectivity index (χ4n) is 4.09. The first-order valence-electron chi connectivity index (χ1n) is 11.3. The molecule has 0 radical (unpaired) electrons. The molecule has 0 fully saturated rings. The van der Waals surface area contributed by atoms with Crippen molar-refractivity contribution in [3.8, 4) is 5.75 Å². The van der Waals surface area contributed by atoms with Gasteiger partial charge in [-0.05, 0) is 52.1 Å². The number of hydrogen-bond donors (Lipinski definition) is 4. The number of aromatic hydroxyl groups is 1. The number of nitrogens with one attached hydrogen (secondary N) is 3. The summed E-state index contributed by atoms with van der Waals surface area (Å²) in [7, 11) is 0. The van der Waals surface area contributed by atoms with Crippen LogP contribution in [0.25, 0.3) is 0 Å². The van der Waals surface area contributed by atoms with Gasteiger partial charge in [-0.1, -0.05) is 71.9 Å². The molecule has 4 N–H and O–H groups in total. The number of carbonyl (C=O) groups is 2. The summed E-state index contributed by atoms with van der Waals surface area (Å²) in [5.41, 5.74) is 3.62. The molecule has 33 heavy (non-hydrogen) atoms. The molecule has 0 aromatic heterocycles. The first kappa shape index (κ1) is 24.4. The minimum absolute atomic E-state index is 0.253. The van der Waals surface area contributed by atoms with E-state index in [0.717, 1.165) is 22.3 Å². The first-order valence-corrected chi connectivity index (χ1v) is 11.3. The van der Waals surface area contributed by atoms with Crippen molar-refractivity contribution in [3.63, 3.8) is 0 Å². The second-order valence-electron chi connectivity index (χ2n) is 10.7. The summed E-state index contributed by atoms with van der Waals surface area (Å²) in [6.07, 6.45) is 0. The van der Waals surface area contributed by atoms with Crippen LogP contribution in [0.1, 0.15) is 76.8 Å². The van der Waals surface area contributed by atoms with Crippen LogP contribution in [0.4, 0.5) is 4.79 Å². The molecule has 0 saturated heterocycles. The quantitative estimate of drug-likeness (QED) is 0.533. The van der Waals surface area contributed by atoms with Crippen molar-refractivity contribution in [2.75, 3.05) is 0 Å². The van der Waals surface area contributed by atoms with E-state index in [2.05, 4.69) is 16.0 Å². The predicted octanol–water partition coefficient (Wildman–Crippen LogP) is 4.93. The number of allylic oxidation sites excluding steroid dienone is 1. The van der Waals surface area contributed by atoms with Crippen molar-refractivity contribution in [2.24, 2.45) is 0 Å². The van der Waals surface area contributed by atoms with Crippen molar-refractivity contribution >= 4 is 11.9 Å². The summed E-state index contributed by atoms with van der Waals surface area (Å²) in [6.45, 7) is 14.3. The lowest BCUT2D eigenvalue weighted by Gasteiger charge is -2.33. The zero-order valence-electron chi connectivity index (χ0n) is 20.6. The Labute approximate surface area is 196 Å². The van der Waals surface area contributed by atoms with Crippen molar-refractivity contribution in [3.05, 3.63) is 76.0 Å². The zero-order valence-corrected chi connectivity index (χ0v) is 20.6. The molecule has 0 spiro atoms. The maximum Gasteiger partial charge on any atom is 0.319 e. The second kappa shape index (κ2) is 8.93. The number of benzene rings is 2. The van der Waals surface area contributed by atoms with Crippen LogP contribution < -0.4 is 16.0 Å². The molecule has 1 atom stereocenters. The van der Waals surface area contributed by atoms with Crippen LogP contribution in [-0.4, -0.2) is 17.0 Å². The molecule has 3 amide bonds. The van der Waals surface area contributed by atoms with Gasteiger partial charge in [-0.2, -0.15) is 0 Å². The van der Waals surface area contributed by atoms with Crippen LogP contribution in [0.3, 0.4) is 0 Å². The van der Waals surface area contributed by atoms with E-state index >= 15 is 0 Å². The molecule has 0 aliphatic carbocycles. The molecule has 1 aliphatic rings. The third kappa shape index (κ3) is 5.38. The second-order valence-corrected chi connectivity index (χ2v) is 10.7. The van der Waals surface area contributed by atoms with Crippen LogP contribution in [0, 0.1) is 0 Å². The summed E-state index contributed by atoms with van der Waals surface area (Å²) in [5.74, 6) is 0.00587. The molecule has 2 aromatic carbocycles. The highest BCUT2D eigenvalue weighted by Crippen LogP contribution is 2.42. The smallest absolute Gasteiger partial charge is 0.319 e. The Bertz CT molecular complexity index is 1050. The fourth-order valence-corrected chi connectivity index (χ4v) is 4.09. The van der Waals surface area contributed by atoms with Gasteiger partial charge in [0.25, 0.3) is 5.91 Å². The summed E-state index contributed by atoms with van der Waals surface area (Å²) >= 11 is 0. The van der Waals surface area contributed by atoms with E-state index in [9.17, 15) is 14.7 Å². The van der Waals surface area contributed by atoms with Crippen LogP contribution in [-0.2, 0) is 22.2 Å². The van der Waals surface area contributed by atoms with Crippen LogP contribution in [0.15, 0.2) is 53.7 Å². The van der Waals surface area contributed by atoms with Crippen molar-refractivity contribution in [1.29, 1.82) is 0 Å².